The van der Waals surface area contributed by atoms with Crippen molar-refractivity contribution in [2.45, 2.75) is 20.8 Å². The highest BCUT2D eigenvalue weighted by molar-refractivity contribution is 5.90. The molecule has 1 N–H and O–H groups in total. The molecular weight excluding hydrogens is 296 g/mol. The number of phenols is 1. The summed E-state index contributed by atoms with van der Waals surface area (Å²) >= 11 is 0. The summed E-state index contributed by atoms with van der Waals surface area (Å²) in [5, 5.41) is 10.5. The minimum absolute atomic E-state index is 0.143. The largest absolute Gasteiger partial charge is 0.504 e. The van der Waals surface area contributed by atoms with Crippen LogP contribution in [0.25, 0.3) is 22.3 Å². The van der Waals surface area contributed by atoms with Crippen LogP contribution in [0.15, 0.2) is 48.5 Å². The zero-order valence-electron chi connectivity index (χ0n) is 14.5. The topological polar surface area (TPSA) is 29.5 Å². The van der Waals surface area contributed by atoms with Gasteiger partial charge in [-0.05, 0) is 38.0 Å². The molecule has 1 radical (unpaired) electrons. The van der Waals surface area contributed by atoms with Crippen LogP contribution in [0.5, 0.6) is 11.5 Å². The lowest BCUT2D eigenvalue weighted by atomic mass is 9.90. The Bertz CT molecular complexity index is 860. The number of aromatic hydroxyl groups is 1. The van der Waals surface area contributed by atoms with Crippen LogP contribution in [0.2, 0.25) is 0 Å². The second-order valence-corrected chi connectivity index (χ2v) is 6.11. The van der Waals surface area contributed by atoms with Gasteiger partial charge >= 0.3 is 0 Å². The van der Waals surface area contributed by atoms with Crippen molar-refractivity contribution in [3.8, 4) is 33.8 Å². The van der Waals surface area contributed by atoms with Gasteiger partial charge in [0.15, 0.2) is 11.5 Å². The van der Waals surface area contributed by atoms with Gasteiger partial charge in [-0.1, -0.05) is 59.7 Å². The van der Waals surface area contributed by atoms with E-state index in [1.807, 2.05) is 19.1 Å². The second kappa shape index (κ2) is 6.40. The van der Waals surface area contributed by atoms with Gasteiger partial charge in [-0.15, -0.1) is 0 Å². The Kier molecular flexibility index (Phi) is 4.30. The Labute approximate surface area is 143 Å². The minimum Gasteiger partial charge on any atom is -0.504 e. The van der Waals surface area contributed by atoms with Crippen LogP contribution in [0.4, 0.5) is 0 Å². The quantitative estimate of drug-likeness (QED) is 0.695. The molecule has 0 aromatic heterocycles. The Hall–Kier alpha value is -2.74. The molecule has 0 unspecified atom stereocenters. The number of hydrogen-bond donors (Lipinski definition) is 1. The first-order valence-corrected chi connectivity index (χ1v) is 7.98. The van der Waals surface area contributed by atoms with Crippen molar-refractivity contribution in [2.75, 3.05) is 7.11 Å². The van der Waals surface area contributed by atoms with Crippen molar-refractivity contribution >= 4 is 0 Å². The summed E-state index contributed by atoms with van der Waals surface area (Å²) < 4.78 is 5.56. The molecule has 0 saturated heterocycles. The molecule has 0 bridgehead atoms. The fraction of sp³-hybridized carbons (Fsp3) is 0.182. The SMILES string of the molecule is COc1c(O)c(C)[c]c(-c2ccc(C)cc2)c1-c1ccc(C)cc1. The number of ether oxygens (including phenoxy) is 1. The van der Waals surface area contributed by atoms with E-state index in [1.165, 1.54) is 11.1 Å². The summed E-state index contributed by atoms with van der Waals surface area (Å²) in [7, 11) is 1.59. The molecule has 3 aromatic rings. The summed E-state index contributed by atoms with van der Waals surface area (Å²) in [5.41, 5.74) is 6.93. The molecule has 24 heavy (non-hydrogen) atoms. The van der Waals surface area contributed by atoms with Crippen LogP contribution >= 0.6 is 0 Å². The van der Waals surface area contributed by atoms with Gasteiger partial charge in [0.2, 0.25) is 0 Å². The van der Waals surface area contributed by atoms with E-state index in [4.69, 9.17) is 4.74 Å². The third kappa shape index (κ3) is 2.88. The van der Waals surface area contributed by atoms with Gasteiger partial charge in [-0.2, -0.15) is 0 Å². The number of rotatable bonds is 3. The maximum atomic E-state index is 10.5. The molecular formula is C22H21O2. The molecule has 0 spiro atoms. The van der Waals surface area contributed by atoms with E-state index in [-0.39, 0.29) is 5.75 Å². The number of hydrogen-bond acceptors (Lipinski definition) is 2. The van der Waals surface area contributed by atoms with Gasteiger partial charge in [0.05, 0.1) is 7.11 Å². The molecule has 2 heteroatoms. The molecule has 121 valence electrons. The van der Waals surface area contributed by atoms with E-state index in [1.54, 1.807) is 7.11 Å². The van der Waals surface area contributed by atoms with E-state index < -0.39 is 0 Å². The van der Waals surface area contributed by atoms with Crippen LogP contribution in [0.1, 0.15) is 16.7 Å². The van der Waals surface area contributed by atoms with Crippen molar-refractivity contribution in [1.82, 2.24) is 0 Å². The number of aryl methyl sites for hydroxylation is 3. The van der Waals surface area contributed by atoms with Crippen molar-refractivity contribution in [3.63, 3.8) is 0 Å². The Morgan fingerprint density at radius 3 is 1.79 bits per heavy atom. The maximum absolute atomic E-state index is 10.5. The Morgan fingerprint density at radius 2 is 1.29 bits per heavy atom. The van der Waals surface area contributed by atoms with Crippen molar-refractivity contribution < 1.29 is 9.84 Å². The maximum Gasteiger partial charge on any atom is 0.169 e. The van der Waals surface area contributed by atoms with E-state index in [0.29, 0.717) is 11.3 Å². The summed E-state index contributed by atoms with van der Waals surface area (Å²) in [4.78, 5) is 0. The third-order valence-corrected chi connectivity index (χ3v) is 4.24. The van der Waals surface area contributed by atoms with Gasteiger partial charge in [0, 0.05) is 16.7 Å². The minimum atomic E-state index is 0.143. The summed E-state index contributed by atoms with van der Waals surface area (Å²) in [6.45, 7) is 5.96. The molecule has 2 nitrogen and oxygen atoms in total. The summed E-state index contributed by atoms with van der Waals surface area (Å²) in [6, 6.07) is 19.9. The van der Waals surface area contributed by atoms with Crippen molar-refractivity contribution in [1.29, 1.82) is 0 Å². The molecule has 0 aliphatic heterocycles. The first kappa shape index (κ1) is 16.1. The standard InChI is InChI=1S/C22H21O2/c1-14-5-9-17(10-6-14)19-13-16(3)21(23)22(24-4)20(19)18-11-7-15(2)8-12-18/h5-12,23H,1-4H3. The Balaban J connectivity index is 2.33. The first-order valence-electron chi connectivity index (χ1n) is 7.98. The third-order valence-electron chi connectivity index (χ3n) is 4.24. The highest BCUT2D eigenvalue weighted by Gasteiger charge is 2.19. The van der Waals surface area contributed by atoms with Crippen molar-refractivity contribution in [3.05, 3.63) is 71.3 Å². The number of benzene rings is 3. The van der Waals surface area contributed by atoms with Crippen LogP contribution in [-0.2, 0) is 0 Å². The van der Waals surface area contributed by atoms with E-state index in [2.05, 4.69) is 56.3 Å². The van der Waals surface area contributed by atoms with E-state index >= 15 is 0 Å². The average Bonchev–Trinajstić information content (AvgIpc) is 2.58. The smallest absolute Gasteiger partial charge is 0.169 e. The summed E-state index contributed by atoms with van der Waals surface area (Å²) in [6.07, 6.45) is 0. The number of phenolic OH excluding ortho intramolecular Hbond substituents is 1. The molecule has 0 fully saturated rings. The lowest BCUT2D eigenvalue weighted by Crippen LogP contribution is -1.95. The zero-order chi connectivity index (χ0) is 17.3. The summed E-state index contributed by atoms with van der Waals surface area (Å²) in [5.74, 6) is 0.634. The van der Waals surface area contributed by atoms with Gasteiger partial charge in [-0.25, -0.2) is 0 Å². The lowest BCUT2D eigenvalue weighted by Gasteiger charge is -2.18. The highest BCUT2D eigenvalue weighted by atomic mass is 16.5. The van der Waals surface area contributed by atoms with E-state index in [0.717, 1.165) is 22.3 Å². The van der Waals surface area contributed by atoms with Gasteiger partial charge in [0.25, 0.3) is 0 Å². The Morgan fingerprint density at radius 1 is 0.792 bits per heavy atom. The molecule has 0 amide bonds. The normalized spacial score (nSPS) is 10.7. The molecule has 3 aromatic carbocycles. The van der Waals surface area contributed by atoms with Crippen molar-refractivity contribution in [2.24, 2.45) is 0 Å². The fourth-order valence-corrected chi connectivity index (χ4v) is 2.84. The van der Waals surface area contributed by atoms with Crippen LogP contribution in [0.3, 0.4) is 0 Å². The molecule has 0 saturated carbocycles. The first-order chi connectivity index (χ1) is 11.5. The lowest BCUT2D eigenvalue weighted by molar-refractivity contribution is 0.373. The second-order valence-electron chi connectivity index (χ2n) is 6.11. The molecule has 3 rings (SSSR count). The highest BCUT2D eigenvalue weighted by Crippen LogP contribution is 2.45. The molecule has 0 heterocycles. The molecule has 0 atom stereocenters. The fourth-order valence-electron chi connectivity index (χ4n) is 2.84. The van der Waals surface area contributed by atoms with Crippen LogP contribution in [-0.4, -0.2) is 12.2 Å². The van der Waals surface area contributed by atoms with E-state index in [9.17, 15) is 5.11 Å². The monoisotopic (exact) mass is 317 g/mol. The average molecular weight is 317 g/mol. The number of methoxy groups -OCH3 is 1. The van der Waals surface area contributed by atoms with Gasteiger partial charge in [-0.3, -0.25) is 0 Å². The van der Waals surface area contributed by atoms with Gasteiger partial charge < -0.3 is 9.84 Å². The molecule has 0 aliphatic rings. The predicted octanol–water partition coefficient (Wildman–Crippen LogP) is 5.46. The van der Waals surface area contributed by atoms with Gasteiger partial charge in [0.1, 0.15) is 0 Å². The van der Waals surface area contributed by atoms with Crippen LogP contribution in [0, 0.1) is 26.8 Å². The molecule has 0 aliphatic carbocycles. The zero-order valence-corrected chi connectivity index (χ0v) is 14.5. The van der Waals surface area contributed by atoms with Crippen LogP contribution < -0.4 is 4.74 Å². The predicted molar refractivity (Wildman–Crippen MR) is 98.6 cm³/mol.